The molecule has 0 atom stereocenters. The third kappa shape index (κ3) is 3.64. The van der Waals surface area contributed by atoms with Crippen LogP contribution in [0.5, 0.6) is 5.75 Å². The van der Waals surface area contributed by atoms with Gasteiger partial charge in [-0.1, -0.05) is 39.3 Å². The van der Waals surface area contributed by atoms with Crippen LogP contribution >= 0.6 is 11.6 Å². The van der Waals surface area contributed by atoms with E-state index in [0.717, 1.165) is 0 Å². The molecule has 0 saturated carbocycles. The molecule has 0 aliphatic heterocycles. The number of phenolic OH excluding ortho intramolecular Hbond substituents is 1. The molecule has 2 N–H and O–H groups in total. The molecule has 3 nitrogen and oxygen atoms in total. The Morgan fingerprint density at radius 2 is 2.06 bits per heavy atom. The van der Waals surface area contributed by atoms with Crippen molar-refractivity contribution in [1.29, 1.82) is 0 Å². The normalized spacial score (nSPS) is 11.7. The SMILES string of the molecule is CC(C)C(C)(C)CNC(=O)c1cc(Cl)ccc1O. The largest absolute Gasteiger partial charge is 0.507 e. The van der Waals surface area contributed by atoms with E-state index in [0.29, 0.717) is 17.5 Å². The van der Waals surface area contributed by atoms with Gasteiger partial charge >= 0.3 is 0 Å². The van der Waals surface area contributed by atoms with Crippen molar-refractivity contribution in [1.82, 2.24) is 5.32 Å². The van der Waals surface area contributed by atoms with Crippen molar-refractivity contribution in [3.8, 4) is 5.75 Å². The van der Waals surface area contributed by atoms with E-state index in [4.69, 9.17) is 11.6 Å². The molecule has 4 heteroatoms. The summed E-state index contributed by atoms with van der Waals surface area (Å²) in [6.45, 7) is 8.97. The van der Waals surface area contributed by atoms with Gasteiger partial charge in [-0.2, -0.15) is 0 Å². The van der Waals surface area contributed by atoms with Gasteiger partial charge < -0.3 is 10.4 Å². The van der Waals surface area contributed by atoms with Gasteiger partial charge in [0.1, 0.15) is 5.75 Å². The number of rotatable bonds is 4. The van der Waals surface area contributed by atoms with Crippen LogP contribution in [0.4, 0.5) is 0 Å². The zero-order chi connectivity index (χ0) is 13.9. The quantitative estimate of drug-likeness (QED) is 0.879. The summed E-state index contributed by atoms with van der Waals surface area (Å²) in [5.41, 5.74) is 0.214. The summed E-state index contributed by atoms with van der Waals surface area (Å²) in [6, 6.07) is 4.44. The maximum atomic E-state index is 12.0. The number of amides is 1. The molecule has 1 aromatic rings. The fourth-order valence-corrected chi connectivity index (χ4v) is 1.47. The van der Waals surface area contributed by atoms with Crippen LogP contribution in [0.2, 0.25) is 5.02 Å². The Labute approximate surface area is 113 Å². The number of hydrogen-bond donors (Lipinski definition) is 2. The lowest BCUT2D eigenvalue weighted by atomic mass is 9.81. The van der Waals surface area contributed by atoms with Gasteiger partial charge in [0.15, 0.2) is 0 Å². The molecule has 0 radical (unpaired) electrons. The van der Waals surface area contributed by atoms with Crippen molar-refractivity contribution in [3.05, 3.63) is 28.8 Å². The van der Waals surface area contributed by atoms with Gasteiger partial charge in [-0.15, -0.1) is 0 Å². The molecule has 1 aromatic carbocycles. The Morgan fingerprint density at radius 3 is 2.61 bits per heavy atom. The molecule has 0 bridgehead atoms. The number of carbonyl (C=O) groups is 1. The first kappa shape index (κ1) is 14.8. The van der Waals surface area contributed by atoms with E-state index in [2.05, 4.69) is 33.0 Å². The Kier molecular flexibility index (Phi) is 4.63. The average molecular weight is 270 g/mol. The van der Waals surface area contributed by atoms with Crippen molar-refractivity contribution in [2.75, 3.05) is 6.54 Å². The van der Waals surface area contributed by atoms with Crippen LogP contribution in [-0.4, -0.2) is 17.6 Å². The Balaban J connectivity index is 2.75. The minimum atomic E-state index is -0.302. The highest BCUT2D eigenvalue weighted by Crippen LogP contribution is 2.26. The number of benzene rings is 1. The zero-order valence-electron chi connectivity index (χ0n) is 11.2. The number of hydrogen-bond acceptors (Lipinski definition) is 2. The van der Waals surface area contributed by atoms with E-state index in [1.807, 2.05) is 0 Å². The molecular formula is C14H20ClNO2. The van der Waals surface area contributed by atoms with Crippen LogP contribution in [-0.2, 0) is 0 Å². The minimum Gasteiger partial charge on any atom is -0.507 e. The van der Waals surface area contributed by atoms with Crippen molar-refractivity contribution in [2.45, 2.75) is 27.7 Å². The summed E-state index contributed by atoms with van der Waals surface area (Å²) >= 11 is 5.81. The number of halogens is 1. The fourth-order valence-electron chi connectivity index (χ4n) is 1.30. The van der Waals surface area contributed by atoms with Gasteiger partial charge in [0.25, 0.3) is 5.91 Å². The topological polar surface area (TPSA) is 49.3 Å². The molecule has 1 amide bonds. The second-order valence-corrected chi connectivity index (χ2v) is 5.92. The summed E-state index contributed by atoms with van der Waals surface area (Å²) in [4.78, 5) is 12.0. The van der Waals surface area contributed by atoms with Crippen molar-refractivity contribution < 1.29 is 9.90 Å². The Hall–Kier alpha value is -1.22. The molecule has 0 fully saturated rings. The van der Waals surface area contributed by atoms with E-state index in [-0.39, 0.29) is 22.6 Å². The van der Waals surface area contributed by atoms with E-state index in [1.54, 1.807) is 6.07 Å². The number of phenols is 1. The van der Waals surface area contributed by atoms with Gasteiger partial charge in [0.05, 0.1) is 5.56 Å². The van der Waals surface area contributed by atoms with Crippen molar-refractivity contribution in [2.24, 2.45) is 11.3 Å². The third-order valence-electron chi connectivity index (χ3n) is 3.47. The maximum absolute atomic E-state index is 12.0. The highest BCUT2D eigenvalue weighted by Gasteiger charge is 2.23. The zero-order valence-corrected chi connectivity index (χ0v) is 12.0. The van der Waals surface area contributed by atoms with E-state index < -0.39 is 0 Å². The number of aromatic hydroxyl groups is 1. The Morgan fingerprint density at radius 1 is 1.44 bits per heavy atom. The molecule has 0 heterocycles. The highest BCUT2D eigenvalue weighted by atomic mass is 35.5. The molecule has 100 valence electrons. The highest BCUT2D eigenvalue weighted by molar-refractivity contribution is 6.31. The molecule has 0 saturated heterocycles. The first-order valence-electron chi connectivity index (χ1n) is 6.01. The molecule has 0 aromatic heterocycles. The van der Waals surface area contributed by atoms with E-state index in [1.165, 1.54) is 12.1 Å². The molecule has 0 unspecified atom stereocenters. The van der Waals surface area contributed by atoms with Crippen LogP contribution in [0.1, 0.15) is 38.1 Å². The Bertz CT molecular complexity index is 441. The van der Waals surface area contributed by atoms with Crippen molar-refractivity contribution >= 4 is 17.5 Å². The maximum Gasteiger partial charge on any atom is 0.255 e. The molecular weight excluding hydrogens is 250 g/mol. The number of nitrogens with one attached hydrogen (secondary N) is 1. The van der Waals surface area contributed by atoms with Gasteiger partial charge in [0, 0.05) is 11.6 Å². The van der Waals surface area contributed by atoms with Gasteiger partial charge in [0.2, 0.25) is 0 Å². The summed E-state index contributed by atoms with van der Waals surface area (Å²) in [7, 11) is 0. The van der Waals surface area contributed by atoms with Gasteiger partial charge in [-0.05, 0) is 29.5 Å². The molecule has 0 spiro atoms. The van der Waals surface area contributed by atoms with Gasteiger partial charge in [-0.3, -0.25) is 4.79 Å². The summed E-state index contributed by atoms with van der Waals surface area (Å²) in [5, 5.41) is 12.9. The monoisotopic (exact) mass is 269 g/mol. The van der Waals surface area contributed by atoms with Crippen LogP contribution in [0, 0.1) is 11.3 Å². The third-order valence-corrected chi connectivity index (χ3v) is 3.71. The average Bonchev–Trinajstić information content (AvgIpc) is 2.29. The first-order valence-corrected chi connectivity index (χ1v) is 6.38. The lowest BCUT2D eigenvalue weighted by Gasteiger charge is -2.29. The standard InChI is InChI=1S/C14H20ClNO2/c1-9(2)14(3,4)8-16-13(18)11-7-10(15)5-6-12(11)17/h5-7,9,17H,8H2,1-4H3,(H,16,18). The second kappa shape index (κ2) is 5.61. The van der Waals surface area contributed by atoms with Crippen LogP contribution < -0.4 is 5.32 Å². The minimum absolute atomic E-state index is 0.00382. The lowest BCUT2D eigenvalue weighted by Crippen LogP contribution is -2.37. The van der Waals surface area contributed by atoms with E-state index in [9.17, 15) is 9.90 Å². The summed E-state index contributed by atoms with van der Waals surface area (Å²) < 4.78 is 0. The predicted molar refractivity (Wildman–Crippen MR) is 74.1 cm³/mol. The summed E-state index contributed by atoms with van der Waals surface area (Å²) in [6.07, 6.45) is 0. The molecule has 1 rings (SSSR count). The van der Waals surface area contributed by atoms with Gasteiger partial charge in [-0.25, -0.2) is 0 Å². The second-order valence-electron chi connectivity index (χ2n) is 5.49. The fraction of sp³-hybridized carbons (Fsp3) is 0.500. The predicted octanol–water partition coefficient (Wildman–Crippen LogP) is 3.46. The first-order chi connectivity index (χ1) is 8.24. The van der Waals surface area contributed by atoms with Crippen LogP contribution in [0.25, 0.3) is 0 Å². The van der Waals surface area contributed by atoms with Crippen LogP contribution in [0.3, 0.4) is 0 Å². The van der Waals surface area contributed by atoms with E-state index >= 15 is 0 Å². The summed E-state index contributed by atoms with van der Waals surface area (Å²) in [5.74, 6) is 0.0914. The van der Waals surface area contributed by atoms with Crippen LogP contribution in [0.15, 0.2) is 18.2 Å². The smallest absolute Gasteiger partial charge is 0.255 e. The van der Waals surface area contributed by atoms with Crippen molar-refractivity contribution in [3.63, 3.8) is 0 Å². The molecule has 0 aliphatic rings. The molecule has 18 heavy (non-hydrogen) atoms. The molecule has 0 aliphatic carbocycles. The number of carbonyl (C=O) groups excluding carboxylic acids is 1. The lowest BCUT2D eigenvalue weighted by molar-refractivity contribution is 0.0922.